The molecule has 0 aliphatic carbocycles. The molecule has 0 aliphatic rings. The molecule has 164 valence electrons. The molecule has 1 heterocycles. The summed E-state index contributed by atoms with van der Waals surface area (Å²) in [6.45, 7) is 4.36. The van der Waals surface area contributed by atoms with Crippen molar-refractivity contribution in [1.82, 2.24) is 9.55 Å². The third kappa shape index (κ3) is 5.43. The number of benzene rings is 1. The molecular weight excluding hydrogens is 412 g/mol. The molecule has 0 fully saturated rings. The number of carbonyl (C=O) groups is 1. The molecule has 1 amide bonds. The highest BCUT2D eigenvalue weighted by Gasteiger charge is 2.25. The molecule has 0 spiro atoms. The van der Waals surface area contributed by atoms with Crippen molar-refractivity contribution in [2.75, 3.05) is 38.0 Å². The number of ether oxygens (including phenoxy) is 2. The van der Waals surface area contributed by atoms with Crippen molar-refractivity contribution in [3.63, 3.8) is 0 Å². The fourth-order valence-corrected chi connectivity index (χ4v) is 3.27. The number of halogens is 1. The second kappa shape index (κ2) is 10.3. The standard InChI is InChI=1S/C20H27ClN4O5/c1-12(2)11-25-18(22)17(19(27)23-20(25)28)24(7-8-29-3)16(26)10-13-9-14(21)5-6-15(13)30-4/h5-6,9,12H,7-8,10-11,22H2,1-4H3,(H,23,27,28). The third-order valence-corrected chi connectivity index (χ3v) is 4.67. The zero-order valence-electron chi connectivity index (χ0n) is 17.5. The van der Waals surface area contributed by atoms with Crippen LogP contribution in [0.2, 0.25) is 5.02 Å². The van der Waals surface area contributed by atoms with Gasteiger partial charge in [0.15, 0.2) is 5.69 Å². The molecule has 0 radical (unpaired) electrons. The van der Waals surface area contributed by atoms with Crippen LogP contribution >= 0.6 is 11.6 Å². The van der Waals surface area contributed by atoms with Gasteiger partial charge in [-0.3, -0.25) is 19.1 Å². The summed E-state index contributed by atoms with van der Waals surface area (Å²) in [5.74, 6) is 0.105. The Balaban J connectivity index is 2.53. The molecule has 1 aromatic carbocycles. The van der Waals surface area contributed by atoms with Gasteiger partial charge in [-0.05, 0) is 24.1 Å². The van der Waals surface area contributed by atoms with Crippen LogP contribution in [0.5, 0.6) is 5.75 Å². The summed E-state index contributed by atoms with van der Waals surface area (Å²) >= 11 is 6.06. The van der Waals surface area contributed by atoms with Crippen molar-refractivity contribution in [3.8, 4) is 5.75 Å². The highest BCUT2D eigenvalue weighted by Crippen LogP contribution is 2.25. The molecule has 30 heavy (non-hydrogen) atoms. The van der Waals surface area contributed by atoms with Gasteiger partial charge in [0.25, 0.3) is 5.56 Å². The molecule has 0 atom stereocenters. The van der Waals surface area contributed by atoms with Gasteiger partial charge in [0.2, 0.25) is 5.91 Å². The van der Waals surface area contributed by atoms with E-state index in [0.29, 0.717) is 22.9 Å². The summed E-state index contributed by atoms with van der Waals surface area (Å²) in [6.07, 6.45) is -0.0877. The number of hydrogen-bond donors (Lipinski definition) is 2. The van der Waals surface area contributed by atoms with Gasteiger partial charge in [-0.1, -0.05) is 25.4 Å². The van der Waals surface area contributed by atoms with Crippen molar-refractivity contribution >= 4 is 29.0 Å². The maximum atomic E-state index is 13.2. The number of nitrogen functional groups attached to an aromatic ring is 1. The fraction of sp³-hybridized carbons (Fsp3) is 0.450. The van der Waals surface area contributed by atoms with Crippen LogP contribution < -0.4 is 26.6 Å². The summed E-state index contributed by atoms with van der Waals surface area (Å²) in [5.41, 5.74) is 5.30. The molecule has 0 bridgehead atoms. The van der Waals surface area contributed by atoms with Crippen LogP contribution in [0.15, 0.2) is 27.8 Å². The lowest BCUT2D eigenvalue weighted by atomic mass is 10.1. The van der Waals surface area contributed by atoms with Crippen LogP contribution in [0.25, 0.3) is 0 Å². The van der Waals surface area contributed by atoms with Crippen LogP contribution in [-0.2, 0) is 22.5 Å². The molecule has 2 rings (SSSR count). The quantitative estimate of drug-likeness (QED) is 0.614. The van der Waals surface area contributed by atoms with Gasteiger partial charge in [0.05, 0.1) is 20.1 Å². The van der Waals surface area contributed by atoms with E-state index in [4.69, 9.17) is 26.8 Å². The first-order chi connectivity index (χ1) is 14.2. The van der Waals surface area contributed by atoms with E-state index in [-0.39, 0.29) is 37.0 Å². The monoisotopic (exact) mass is 438 g/mol. The lowest BCUT2D eigenvalue weighted by Gasteiger charge is -2.25. The smallest absolute Gasteiger partial charge is 0.330 e. The summed E-state index contributed by atoms with van der Waals surface area (Å²) in [4.78, 5) is 41.5. The maximum absolute atomic E-state index is 13.2. The van der Waals surface area contributed by atoms with E-state index >= 15 is 0 Å². The lowest BCUT2D eigenvalue weighted by molar-refractivity contribution is -0.118. The second-order valence-corrected chi connectivity index (χ2v) is 7.61. The summed E-state index contributed by atoms with van der Waals surface area (Å²) in [7, 11) is 2.97. The average Bonchev–Trinajstić information content (AvgIpc) is 2.67. The van der Waals surface area contributed by atoms with Gasteiger partial charge in [0, 0.05) is 30.8 Å². The van der Waals surface area contributed by atoms with Crippen LogP contribution in [0.3, 0.4) is 0 Å². The Morgan fingerprint density at radius 2 is 2.00 bits per heavy atom. The molecule has 9 nitrogen and oxygen atoms in total. The van der Waals surface area contributed by atoms with E-state index in [1.54, 1.807) is 18.2 Å². The SMILES string of the molecule is COCCN(C(=O)Cc1cc(Cl)ccc1OC)c1c(N)n(CC(C)C)c(=O)[nH]c1=O. The number of anilines is 2. The first kappa shape index (κ1) is 23.5. The van der Waals surface area contributed by atoms with Crippen LogP contribution in [0.1, 0.15) is 19.4 Å². The number of amides is 1. The van der Waals surface area contributed by atoms with E-state index in [1.165, 1.54) is 23.7 Å². The number of nitrogens with two attached hydrogens (primary N) is 1. The Kier molecular flexibility index (Phi) is 8.08. The highest BCUT2D eigenvalue weighted by molar-refractivity contribution is 6.30. The van der Waals surface area contributed by atoms with E-state index in [1.807, 2.05) is 13.8 Å². The highest BCUT2D eigenvalue weighted by atomic mass is 35.5. The molecular formula is C20H27ClN4O5. The second-order valence-electron chi connectivity index (χ2n) is 7.17. The van der Waals surface area contributed by atoms with Crippen LogP contribution in [0, 0.1) is 5.92 Å². The molecule has 10 heteroatoms. The molecule has 0 unspecified atom stereocenters. The van der Waals surface area contributed by atoms with E-state index in [0.717, 1.165) is 0 Å². The fourth-order valence-electron chi connectivity index (χ4n) is 3.07. The number of aromatic nitrogens is 2. The predicted octanol–water partition coefficient (Wildman–Crippen LogP) is 1.66. The maximum Gasteiger partial charge on any atom is 0.330 e. The minimum Gasteiger partial charge on any atom is -0.496 e. The third-order valence-electron chi connectivity index (χ3n) is 4.44. The van der Waals surface area contributed by atoms with Crippen molar-refractivity contribution in [2.45, 2.75) is 26.8 Å². The predicted molar refractivity (Wildman–Crippen MR) is 117 cm³/mol. The Labute approximate surface area is 179 Å². The number of aromatic amines is 1. The minimum absolute atomic E-state index is 0.0695. The van der Waals surface area contributed by atoms with Gasteiger partial charge in [-0.25, -0.2) is 4.79 Å². The Bertz CT molecular complexity index is 1020. The first-order valence-electron chi connectivity index (χ1n) is 9.43. The van der Waals surface area contributed by atoms with Gasteiger partial charge in [0.1, 0.15) is 11.6 Å². The van der Waals surface area contributed by atoms with E-state index < -0.39 is 17.2 Å². The Morgan fingerprint density at radius 3 is 2.60 bits per heavy atom. The van der Waals surface area contributed by atoms with Crippen molar-refractivity contribution in [3.05, 3.63) is 49.6 Å². The van der Waals surface area contributed by atoms with Gasteiger partial charge < -0.3 is 20.1 Å². The number of rotatable bonds is 9. The zero-order chi connectivity index (χ0) is 22.4. The summed E-state index contributed by atoms with van der Waals surface area (Å²) in [5, 5.41) is 0.449. The first-order valence-corrected chi connectivity index (χ1v) is 9.81. The van der Waals surface area contributed by atoms with E-state index in [2.05, 4.69) is 4.98 Å². The minimum atomic E-state index is -0.736. The number of methoxy groups -OCH3 is 2. The summed E-state index contributed by atoms with van der Waals surface area (Å²) < 4.78 is 11.7. The number of nitrogens with zero attached hydrogens (tertiary/aromatic N) is 2. The van der Waals surface area contributed by atoms with E-state index in [9.17, 15) is 14.4 Å². The van der Waals surface area contributed by atoms with Crippen LogP contribution in [0.4, 0.5) is 11.5 Å². The summed E-state index contributed by atoms with van der Waals surface area (Å²) in [6, 6.07) is 4.94. The Hall–Kier alpha value is -2.78. The number of H-pyrrole nitrogens is 1. The van der Waals surface area contributed by atoms with Gasteiger partial charge >= 0.3 is 5.69 Å². The molecule has 0 saturated heterocycles. The molecule has 0 saturated carbocycles. The molecule has 3 N–H and O–H groups in total. The van der Waals surface area contributed by atoms with Gasteiger partial charge in [-0.2, -0.15) is 0 Å². The molecule has 0 aliphatic heterocycles. The number of nitrogens with one attached hydrogen (secondary N) is 1. The Morgan fingerprint density at radius 1 is 1.30 bits per heavy atom. The topological polar surface area (TPSA) is 120 Å². The zero-order valence-corrected chi connectivity index (χ0v) is 18.3. The van der Waals surface area contributed by atoms with Crippen LogP contribution in [-0.4, -0.2) is 42.8 Å². The van der Waals surface area contributed by atoms with Crippen molar-refractivity contribution in [1.29, 1.82) is 0 Å². The van der Waals surface area contributed by atoms with Crippen molar-refractivity contribution in [2.24, 2.45) is 5.92 Å². The number of hydrogen-bond acceptors (Lipinski definition) is 6. The van der Waals surface area contributed by atoms with Gasteiger partial charge in [-0.15, -0.1) is 0 Å². The lowest BCUT2D eigenvalue weighted by Crippen LogP contribution is -2.43. The normalized spacial score (nSPS) is 11.0. The molecule has 2 aromatic rings. The molecule has 1 aromatic heterocycles. The van der Waals surface area contributed by atoms with Crippen molar-refractivity contribution < 1.29 is 14.3 Å². The largest absolute Gasteiger partial charge is 0.496 e. The number of carbonyl (C=O) groups excluding carboxylic acids is 1. The average molecular weight is 439 g/mol.